The number of ether oxygens (including phenoxy) is 4. The second-order valence-corrected chi connectivity index (χ2v) is 14.7. The summed E-state index contributed by atoms with van der Waals surface area (Å²) >= 11 is 0. The van der Waals surface area contributed by atoms with Crippen LogP contribution in [0.15, 0.2) is 66.0 Å². The van der Waals surface area contributed by atoms with Crippen LogP contribution in [0.5, 0.6) is 28.7 Å². The van der Waals surface area contributed by atoms with Gasteiger partial charge >= 0.3 is 5.97 Å². The number of aryl methyl sites for hydroxylation is 1. The summed E-state index contributed by atoms with van der Waals surface area (Å²) in [6.07, 6.45) is 6.71. The highest BCUT2D eigenvalue weighted by atomic mass is 16.5. The van der Waals surface area contributed by atoms with E-state index in [-0.39, 0.29) is 61.4 Å². The van der Waals surface area contributed by atoms with E-state index in [9.17, 15) is 35.4 Å². The van der Waals surface area contributed by atoms with Crippen LogP contribution in [-0.2, 0) is 16.0 Å². The Labute approximate surface area is 327 Å². The number of aromatic hydroxyl groups is 2. The first kappa shape index (κ1) is 42.6. The van der Waals surface area contributed by atoms with Crippen LogP contribution in [0, 0.1) is 23.7 Å². The number of aliphatic hydroxyl groups excluding tert-OH is 3. The second-order valence-electron chi connectivity index (χ2n) is 14.7. The summed E-state index contributed by atoms with van der Waals surface area (Å²) in [4.78, 5) is 12.5. The van der Waals surface area contributed by atoms with Crippen molar-refractivity contribution in [3.8, 4) is 28.7 Å². The number of hydrogen-bond donors (Lipinski definition) is 10. The highest BCUT2D eigenvalue weighted by Gasteiger charge is 2.43. The number of benzene rings is 2. The maximum atomic E-state index is 12.5. The molecule has 2 heterocycles. The molecule has 56 heavy (non-hydrogen) atoms. The molecule has 0 saturated carbocycles. The van der Waals surface area contributed by atoms with Crippen molar-refractivity contribution in [3.63, 3.8) is 0 Å². The average Bonchev–Trinajstić information content (AvgIpc) is 3.62. The van der Waals surface area contributed by atoms with E-state index in [1.165, 1.54) is 7.11 Å². The molecule has 11 N–H and O–H groups in total. The van der Waals surface area contributed by atoms with Crippen molar-refractivity contribution >= 4 is 5.97 Å². The summed E-state index contributed by atoms with van der Waals surface area (Å²) < 4.78 is 24.2. The lowest BCUT2D eigenvalue weighted by Gasteiger charge is -2.40. The lowest BCUT2D eigenvalue weighted by Crippen LogP contribution is -2.47. The van der Waals surface area contributed by atoms with E-state index in [4.69, 9.17) is 24.7 Å². The molecule has 1 saturated heterocycles. The van der Waals surface area contributed by atoms with Gasteiger partial charge in [-0.25, -0.2) is 0 Å². The Morgan fingerprint density at radius 1 is 1.11 bits per heavy atom. The summed E-state index contributed by atoms with van der Waals surface area (Å²) in [5.41, 5.74) is 8.45. The molecule has 0 spiro atoms. The fourth-order valence-electron chi connectivity index (χ4n) is 7.96. The van der Waals surface area contributed by atoms with Crippen LogP contribution in [0.2, 0.25) is 0 Å². The number of methoxy groups -OCH3 is 1. The minimum Gasteiger partial charge on any atom is -0.504 e. The number of carbonyl (C=O) groups is 1. The molecule has 3 aliphatic rings. The molecule has 308 valence electrons. The van der Waals surface area contributed by atoms with Crippen LogP contribution in [0.1, 0.15) is 50.3 Å². The van der Waals surface area contributed by atoms with Crippen LogP contribution in [0.3, 0.4) is 0 Å². The van der Waals surface area contributed by atoms with Gasteiger partial charge < -0.3 is 66.0 Å². The standard InChI is InChI=1S/C41H58N4O11/c1-4-44-31(38-28(8-9-30(38)41(51)52)25-11-13-45-37(42)18-25)21-54-36-17-26(16-35(53-3)39(36)50)40-29(12-14-46)33(49)19-27(56-40)7-5-24-6-10-32(48)34(15-24)55-22-43-20-23(2)47/h6,8-11,15-18,23,27-31,33,38,40,43-50H,4-5,7,12-14,19-22,42H2,1-3H3,(H,51,52)/t23-,27-,28-,29-,30-,31+,33-,38-,40+/m0/s1. The molecule has 15 heteroatoms. The first-order chi connectivity index (χ1) is 26.9. The van der Waals surface area contributed by atoms with Gasteiger partial charge in [0.1, 0.15) is 13.3 Å². The predicted octanol–water partition coefficient (Wildman–Crippen LogP) is 2.43. The number of phenolic OH excluding ortho intramolecular Hbond substituents is 2. The predicted molar refractivity (Wildman–Crippen MR) is 208 cm³/mol. The molecule has 9 atom stereocenters. The van der Waals surface area contributed by atoms with E-state index in [1.807, 2.05) is 25.2 Å². The third-order valence-corrected chi connectivity index (χ3v) is 10.7. The number of phenols is 2. The fourth-order valence-corrected chi connectivity index (χ4v) is 7.96. The summed E-state index contributed by atoms with van der Waals surface area (Å²) in [7, 11) is 1.42. The Morgan fingerprint density at radius 3 is 2.59 bits per heavy atom. The fraction of sp³-hybridized carbons (Fsp3) is 0.537. The number of hydrogen-bond acceptors (Lipinski definition) is 14. The van der Waals surface area contributed by atoms with E-state index in [0.29, 0.717) is 56.0 Å². The van der Waals surface area contributed by atoms with Gasteiger partial charge in [-0.1, -0.05) is 31.2 Å². The number of dihydropyridines is 1. The first-order valence-electron chi connectivity index (χ1n) is 19.3. The molecule has 2 aliphatic heterocycles. The van der Waals surface area contributed by atoms with E-state index in [1.54, 1.807) is 43.3 Å². The van der Waals surface area contributed by atoms with Crippen LogP contribution >= 0.6 is 0 Å². The SMILES string of the molecule is CCN[C@H](COc1cc([C@H]2O[C@@H](CCc3ccc(O)c(OCNC[C@H](C)O)c3)C[C@H](O)[C@@H]2CCO)cc(OC)c1O)[C@@H]1[C@@H](C(=O)O)C=C[C@H]1C1=CCNC(N)=C1. The zero-order valence-corrected chi connectivity index (χ0v) is 32.3. The number of aliphatic hydroxyl groups is 3. The number of allylic oxidation sites excluding steroid dienone is 3. The Hall–Kier alpha value is -4.51. The Morgan fingerprint density at radius 2 is 1.89 bits per heavy atom. The smallest absolute Gasteiger partial charge is 0.310 e. The number of nitrogens with two attached hydrogens (primary N) is 1. The zero-order chi connectivity index (χ0) is 40.4. The third-order valence-electron chi connectivity index (χ3n) is 10.7. The van der Waals surface area contributed by atoms with Gasteiger partial charge in [0.2, 0.25) is 5.75 Å². The minimum atomic E-state index is -0.951. The van der Waals surface area contributed by atoms with Gasteiger partial charge in [0, 0.05) is 43.5 Å². The van der Waals surface area contributed by atoms with Crippen LogP contribution in [-0.4, -0.2) is 108 Å². The molecular weight excluding hydrogens is 724 g/mol. The Kier molecular flexibility index (Phi) is 15.3. The molecular formula is C41H58N4O11. The van der Waals surface area contributed by atoms with Crippen molar-refractivity contribution in [2.24, 2.45) is 29.4 Å². The number of aliphatic carboxylic acids is 1. The highest BCUT2D eigenvalue weighted by Crippen LogP contribution is 2.46. The minimum absolute atomic E-state index is 0.0111. The monoisotopic (exact) mass is 782 g/mol. The Balaban J connectivity index is 1.35. The van der Waals surface area contributed by atoms with Crippen molar-refractivity contribution in [2.45, 2.75) is 70.0 Å². The Bertz CT molecular complexity index is 1720. The lowest BCUT2D eigenvalue weighted by atomic mass is 9.78. The van der Waals surface area contributed by atoms with Crippen molar-refractivity contribution in [1.82, 2.24) is 16.0 Å². The van der Waals surface area contributed by atoms with E-state index >= 15 is 0 Å². The van der Waals surface area contributed by atoms with Crippen LogP contribution in [0.4, 0.5) is 0 Å². The molecule has 1 aliphatic carbocycles. The van der Waals surface area contributed by atoms with Gasteiger partial charge in [-0.05, 0) is 86.2 Å². The highest BCUT2D eigenvalue weighted by molar-refractivity contribution is 5.74. The van der Waals surface area contributed by atoms with E-state index in [0.717, 1.165) is 11.1 Å². The number of carboxylic acid groups (broad SMARTS) is 1. The zero-order valence-electron chi connectivity index (χ0n) is 32.3. The van der Waals surface area contributed by atoms with E-state index in [2.05, 4.69) is 16.0 Å². The van der Waals surface area contributed by atoms with Gasteiger partial charge in [-0.2, -0.15) is 0 Å². The molecule has 0 aromatic heterocycles. The first-order valence-corrected chi connectivity index (χ1v) is 19.3. The van der Waals surface area contributed by atoms with Crippen molar-refractivity contribution in [3.05, 3.63) is 77.2 Å². The lowest BCUT2D eigenvalue weighted by molar-refractivity contribution is -0.144. The summed E-state index contributed by atoms with van der Waals surface area (Å²) in [5, 5.41) is 72.1. The summed E-state index contributed by atoms with van der Waals surface area (Å²) in [5.74, 6) is -2.10. The molecule has 2 aromatic rings. The van der Waals surface area contributed by atoms with E-state index < -0.39 is 48.1 Å². The number of rotatable bonds is 20. The molecule has 2 aromatic carbocycles. The van der Waals surface area contributed by atoms with Gasteiger partial charge in [0.25, 0.3) is 0 Å². The number of carboxylic acids is 1. The number of likely N-dealkylation sites (N-methyl/N-ethyl adjacent to an activating group) is 1. The van der Waals surface area contributed by atoms with Gasteiger partial charge in [-0.15, -0.1) is 0 Å². The maximum absolute atomic E-state index is 12.5. The second kappa shape index (κ2) is 20.1. The normalized spacial score (nSPS) is 25.8. The average molecular weight is 783 g/mol. The van der Waals surface area contributed by atoms with Crippen molar-refractivity contribution in [2.75, 3.05) is 46.7 Å². The molecule has 15 nitrogen and oxygen atoms in total. The van der Waals surface area contributed by atoms with Crippen molar-refractivity contribution in [1.29, 1.82) is 0 Å². The van der Waals surface area contributed by atoms with Gasteiger partial charge in [-0.3, -0.25) is 10.1 Å². The topological polar surface area (TPSA) is 237 Å². The van der Waals surface area contributed by atoms with Gasteiger partial charge in [0.05, 0.1) is 43.3 Å². The summed E-state index contributed by atoms with van der Waals surface area (Å²) in [6, 6.07) is 7.94. The molecule has 0 unspecified atom stereocenters. The molecule has 0 radical (unpaired) electrons. The van der Waals surface area contributed by atoms with Crippen molar-refractivity contribution < 1.29 is 54.4 Å². The quantitative estimate of drug-likeness (QED) is 0.0528. The molecule has 5 rings (SSSR count). The number of nitrogens with one attached hydrogen (secondary N) is 3. The maximum Gasteiger partial charge on any atom is 0.310 e. The molecule has 1 fully saturated rings. The summed E-state index contributed by atoms with van der Waals surface area (Å²) in [6.45, 7) is 4.94. The largest absolute Gasteiger partial charge is 0.504 e. The van der Waals surface area contributed by atoms with Crippen LogP contribution in [0.25, 0.3) is 0 Å². The van der Waals surface area contributed by atoms with Crippen LogP contribution < -0.4 is 35.9 Å². The third kappa shape index (κ3) is 10.7. The van der Waals surface area contributed by atoms with Gasteiger partial charge in [0.15, 0.2) is 23.0 Å². The molecule has 0 amide bonds. The molecule has 0 bridgehead atoms.